The Bertz CT molecular complexity index is 1050. The minimum absolute atomic E-state index is 0.339. The normalized spacial score (nSPS) is 10.7. The summed E-state index contributed by atoms with van der Waals surface area (Å²) >= 11 is 12.2. The van der Waals surface area contributed by atoms with Gasteiger partial charge in [0.2, 0.25) is 11.8 Å². The van der Waals surface area contributed by atoms with Crippen LogP contribution in [-0.2, 0) is 4.79 Å². The molecule has 0 bridgehead atoms. The average Bonchev–Trinajstić information content (AvgIpc) is 2.75. The molecule has 30 heavy (non-hydrogen) atoms. The van der Waals surface area contributed by atoms with Gasteiger partial charge in [0.25, 0.3) is 0 Å². The fraction of sp³-hybridized carbons (Fsp3) is 0.0909. The number of anilines is 1. The first-order valence-corrected chi connectivity index (χ1v) is 9.54. The zero-order valence-electron chi connectivity index (χ0n) is 16.2. The molecule has 0 atom stereocenters. The van der Waals surface area contributed by atoms with Gasteiger partial charge in [-0.05, 0) is 54.1 Å². The molecule has 0 unspecified atom stereocenters. The molecule has 0 spiro atoms. The highest BCUT2D eigenvalue weighted by Gasteiger charge is 2.11. The molecular weight excluding hydrogens is 427 g/mol. The Balaban J connectivity index is 1.63. The molecular formula is C22H18Cl2N2O4. The van der Waals surface area contributed by atoms with Gasteiger partial charge in [0.05, 0.1) is 31.1 Å². The Labute approximate surface area is 184 Å². The summed E-state index contributed by atoms with van der Waals surface area (Å²) in [6, 6.07) is 13.7. The number of ether oxygens (including phenoxy) is 3. The smallest absolute Gasteiger partial charge is 0.248 e. The van der Waals surface area contributed by atoms with Crippen LogP contribution in [0.15, 0.2) is 60.8 Å². The Hall–Kier alpha value is -3.22. The number of rotatable bonds is 7. The van der Waals surface area contributed by atoms with Crippen molar-refractivity contribution in [1.82, 2.24) is 4.98 Å². The van der Waals surface area contributed by atoms with E-state index in [0.717, 1.165) is 0 Å². The van der Waals surface area contributed by atoms with Gasteiger partial charge in [-0.1, -0.05) is 23.2 Å². The van der Waals surface area contributed by atoms with E-state index in [4.69, 9.17) is 37.4 Å². The Morgan fingerprint density at radius 1 is 1.00 bits per heavy atom. The van der Waals surface area contributed by atoms with Crippen LogP contribution in [-0.4, -0.2) is 25.1 Å². The molecule has 6 nitrogen and oxygen atoms in total. The SMILES string of the molecule is COc1ccc(C=CC(=O)Nc2ccc(Oc3ccc(Cl)cc3)nc2)c(Cl)c1OC. The maximum absolute atomic E-state index is 12.2. The topological polar surface area (TPSA) is 69.7 Å². The highest BCUT2D eigenvalue weighted by atomic mass is 35.5. The first kappa shape index (κ1) is 21.5. The lowest BCUT2D eigenvalue weighted by Gasteiger charge is -2.10. The van der Waals surface area contributed by atoms with Crippen LogP contribution >= 0.6 is 23.2 Å². The molecule has 3 rings (SSSR count). The molecule has 154 valence electrons. The average molecular weight is 445 g/mol. The minimum atomic E-state index is -0.339. The second kappa shape index (κ2) is 10.0. The second-order valence-corrected chi connectivity index (χ2v) is 6.78. The lowest BCUT2D eigenvalue weighted by Crippen LogP contribution is -2.08. The van der Waals surface area contributed by atoms with Gasteiger partial charge in [0.1, 0.15) is 5.75 Å². The van der Waals surface area contributed by atoms with Crippen molar-refractivity contribution in [2.45, 2.75) is 0 Å². The zero-order chi connectivity index (χ0) is 21.5. The van der Waals surface area contributed by atoms with E-state index in [9.17, 15) is 4.79 Å². The van der Waals surface area contributed by atoms with Crippen LogP contribution in [0.5, 0.6) is 23.1 Å². The summed E-state index contributed by atoms with van der Waals surface area (Å²) in [4.78, 5) is 16.4. The molecule has 0 aliphatic carbocycles. The van der Waals surface area contributed by atoms with Crippen molar-refractivity contribution in [3.8, 4) is 23.1 Å². The number of nitrogens with one attached hydrogen (secondary N) is 1. The summed E-state index contributed by atoms with van der Waals surface area (Å²) in [7, 11) is 3.02. The molecule has 0 aliphatic rings. The van der Waals surface area contributed by atoms with Crippen LogP contribution in [0.25, 0.3) is 6.08 Å². The van der Waals surface area contributed by atoms with Crippen LogP contribution in [0.3, 0.4) is 0 Å². The van der Waals surface area contributed by atoms with Crippen LogP contribution in [0.4, 0.5) is 5.69 Å². The van der Waals surface area contributed by atoms with Crippen molar-refractivity contribution in [3.63, 3.8) is 0 Å². The monoisotopic (exact) mass is 444 g/mol. The number of carbonyl (C=O) groups excluding carboxylic acids is 1. The third kappa shape index (κ3) is 5.43. The van der Waals surface area contributed by atoms with E-state index in [1.165, 1.54) is 26.5 Å². The lowest BCUT2D eigenvalue weighted by atomic mass is 10.2. The van der Waals surface area contributed by atoms with Crippen LogP contribution in [0.1, 0.15) is 5.56 Å². The van der Waals surface area contributed by atoms with Gasteiger partial charge in [-0.15, -0.1) is 0 Å². The van der Waals surface area contributed by atoms with E-state index >= 15 is 0 Å². The van der Waals surface area contributed by atoms with Crippen molar-refractivity contribution in [1.29, 1.82) is 0 Å². The maximum Gasteiger partial charge on any atom is 0.248 e. The van der Waals surface area contributed by atoms with Crippen molar-refractivity contribution >= 4 is 40.9 Å². The number of hydrogen-bond acceptors (Lipinski definition) is 5. The Morgan fingerprint density at radius 2 is 1.77 bits per heavy atom. The van der Waals surface area contributed by atoms with Gasteiger partial charge in [-0.3, -0.25) is 4.79 Å². The lowest BCUT2D eigenvalue weighted by molar-refractivity contribution is -0.111. The highest BCUT2D eigenvalue weighted by Crippen LogP contribution is 2.37. The summed E-state index contributed by atoms with van der Waals surface area (Å²) in [6.07, 6.45) is 4.46. The van der Waals surface area contributed by atoms with E-state index in [0.29, 0.717) is 44.4 Å². The van der Waals surface area contributed by atoms with Crippen molar-refractivity contribution in [2.75, 3.05) is 19.5 Å². The molecule has 3 aromatic rings. The van der Waals surface area contributed by atoms with Gasteiger partial charge in [0, 0.05) is 17.2 Å². The number of amides is 1. The van der Waals surface area contributed by atoms with Crippen molar-refractivity contribution < 1.29 is 19.0 Å². The van der Waals surface area contributed by atoms with E-state index in [2.05, 4.69) is 10.3 Å². The summed E-state index contributed by atoms with van der Waals surface area (Å²) < 4.78 is 16.1. The first-order valence-electron chi connectivity index (χ1n) is 8.79. The molecule has 0 radical (unpaired) electrons. The predicted molar refractivity (Wildman–Crippen MR) is 118 cm³/mol. The first-order chi connectivity index (χ1) is 14.5. The quantitative estimate of drug-likeness (QED) is 0.462. The fourth-order valence-corrected chi connectivity index (χ4v) is 2.94. The molecule has 2 aromatic carbocycles. The number of carbonyl (C=O) groups is 1. The van der Waals surface area contributed by atoms with Crippen LogP contribution in [0.2, 0.25) is 10.0 Å². The third-order valence-corrected chi connectivity index (χ3v) is 4.61. The molecule has 1 amide bonds. The van der Waals surface area contributed by atoms with Crippen LogP contribution in [0, 0.1) is 0 Å². The number of pyridine rings is 1. The molecule has 8 heteroatoms. The van der Waals surface area contributed by atoms with E-state index in [1.807, 2.05) is 0 Å². The summed E-state index contributed by atoms with van der Waals surface area (Å²) in [5.41, 5.74) is 1.14. The van der Waals surface area contributed by atoms with Crippen molar-refractivity contribution in [2.24, 2.45) is 0 Å². The van der Waals surface area contributed by atoms with Crippen LogP contribution < -0.4 is 19.5 Å². The van der Waals surface area contributed by atoms with Gasteiger partial charge in [-0.25, -0.2) is 4.98 Å². The second-order valence-electron chi connectivity index (χ2n) is 5.97. The molecule has 0 saturated heterocycles. The number of aromatic nitrogens is 1. The fourth-order valence-electron chi connectivity index (χ4n) is 2.52. The van der Waals surface area contributed by atoms with E-state index < -0.39 is 0 Å². The molecule has 0 fully saturated rings. The summed E-state index contributed by atoms with van der Waals surface area (Å²) in [5.74, 6) is 1.58. The zero-order valence-corrected chi connectivity index (χ0v) is 17.7. The standard InChI is InChI=1S/C22H18Cl2N2O4/c1-28-18-10-3-14(21(24)22(18)29-2)4-11-19(27)26-16-7-12-20(25-13-16)30-17-8-5-15(23)6-9-17/h3-13H,1-2H3,(H,26,27). The predicted octanol–water partition coefficient (Wildman–Crippen LogP) is 5.85. The van der Waals surface area contributed by atoms with Gasteiger partial charge >= 0.3 is 0 Å². The van der Waals surface area contributed by atoms with E-state index in [-0.39, 0.29) is 5.91 Å². The Kier molecular flexibility index (Phi) is 7.17. The van der Waals surface area contributed by atoms with Gasteiger partial charge in [-0.2, -0.15) is 0 Å². The number of nitrogens with zero attached hydrogens (tertiary/aromatic N) is 1. The largest absolute Gasteiger partial charge is 0.493 e. The molecule has 0 aliphatic heterocycles. The Morgan fingerprint density at radius 3 is 2.40 bits per heavy atom. The van der Waals surface area contributed by atoms with E-state index in [1.54, 1.807) is 54.6 Å². The minimum Gasteiger partial charge on any atom is -0.493 e. The molecule has 0 saturated carbocycles. The molecule has 1 heterocycles. The van der Waals surface area contributed by atoms with Gasteiger partial charge < -0.3 is 19.5 Å². The molecule has 1 N–H and O–H groups in total. The number of benzene rings is 2. The maximum atomic E-state index is 12.2. The molecule has 1 aromatic heterocycles. The summed E-state index contributed by atoms with van der Waals surface area (Å²) in [5, 5.41) is 3.70. The number of methoxy groups -OCH3 is 2. The van der Waals surface area contributed by atoms with Crippen molar-refractivity contribution in [3.05, 3.63) is 76.4 Å². The highest BCUT2D eigenvalue weighted by molar-refractivity contribution is 6.34. The summed E-state index contributed by atoms with van der Waals surface area (Å²) in [6.45, 7) is 0. The number of halogens is 2. The third-order valence-electron chi connectivity index (χ3n) is 3.97. The number of hydrogen-bond donors (Lipinski definition) is 1. The van der Waals surface area contributed by atoms with Gasteiger partial charge in [0.15, 0.2) is 11.5 Å².